The maximum atomic E-state index is 12.4. The van der Waals surface area contributed by atoms with Crippen LogP contribution in [0.15, 0.2) is 46.9 Å². The fourth-order valence-corrected chi connectivity index (χ4v) is 4.16. The molecule has 0 fully saturated rings. The van der Waals surface area contributed by atoms with Gasteiger partial charge in [0.2, 0.25) is 5.91 Å². The summed E-state index contributed by atoms with van der Waals surface area (Å²) in [6.07, 6.45) is 1.87. The number of rotatable bonds is 8. The Kier molecular flexibility index (Phi) is 6.46. The first-order valence-electron chi connectivity index (χ1n) is 8.70. The molecule has 2 aromatic heterocycles. The number of thiophene rings is 1. The van der Waals surface area contributed by atoms with E-state index in [4.69, 9.17) is 0 Å². The predicted molar refractivity (Wildman–Crippen MR) is 109 cm³/mol. The lowest BCUT2D eigenvalue weighted by molar-refractivity contribution is -0.113. The Morgan fingerprint density at radius 2 is 2.04 bits per heavy atom. The molecule has 0 spiro atoms. The maximum absolute atomic E-state index is 12.4. The van der Waals surface area contributed by atoms with Crippen molar-refractivity contribution in [2.75, 3.05) is 11.1 Å². The molecule has 5 nitrogen and oxygen atoms in total. The minimum atomic E-state index is -0.0281. The van der Waals surface area contributed by atoms with Gasteiger partial charge in [-0.2, -0.15) is 0 Å². The Balaban J connectivity index is 1.68. The quantitative estimate of drug-likeness (QED) is 0.570. The van der Waals surface area contributed by atoms with Crippen LogP contribution < -0.4 is 5.32 Å². The van der Waals surface area contributed by atoms with Crippen LogP contribution in [-0.2, 0) is 17.8 Å². The van der Waals surface area contributed by atoms with E-state index in [1.165, 1.54) is 11.8 Å². The summed E-state index contributed by atoms with van der Waals surface area (Å²) in [5, 5.41) is 14.5. The summed E-state index contributed by atoms with van der Waals surface area (Å²) in [5.74, 6) is 1.16. The van der Waals surface area contributed by atoms with Crippen LogP contribution in [0, 0.1) is 0 Å². The number of carbonyl (C=O) groups is 1. The van der Waals surface area contributed by atoms with Crippen molar-refractivity contribution >= 4 is 34.7 Å². The largest absolute Gasteiger partial charge is 0.325 e. The highest BCUT2D eigenvalue weighted by molar-refractivity contribution is 7.99. The predicted octanol–water partition coefficient (Wildman–Crippen LogP) is 4.71. The van der Waals surface area contributed by atoms with Gasteiger partial charge in [0.1, 0.15) is 0 Å². The van der Waals surface area contributed by atoms with Crippen LogP contribution in [0.25, 0.3) is 10.7 Å². The number of carbonyl (C=O) groups excluding carboxylic acids is 1. The molecule has 1 amide bonds. The number of thioether (sulfide) groups is 1. The summed E-state index contributed by atoms with van der Waals surface area (Å²) in [6, 6.07) is 12.0. The van der Waals surface area contributed by atoms with Gasteiger partial charge in [-0.05, 0) is 35.9 Å². The van der Waals surface area contributed by atoms with E-state index >= 15 is 0 Å². The lowest BCUT2D eigenvalue weighted by atomic mass is 10.1. The van der Waals surface area contributed by atoms with Crippen molar-refractivity contribution in [3.8, 4) is 10.7 Å². The zero-order chi connectivity index (χ0) is 18.4. The van der Waals surface area contributed by atoms with E-state index in [0.29, 0.717) is 5.75 Å². The minimum absolute atomic E-state index is 0.0281. The zero-order valence-electron chi connectivity index (χ0n) is 14.9. The molecule has 0 radical (unpaired) electrons. The number of nitrogens with zero attached hydrogens (tertiary/aromatic N) is 3. The molecule has 0 saturated carbocycles. The molecule has 26 heavy (non-hydrogen) atoms. The fraction of sp³-hybridized carbons (Fsp3) is 0.316. The highest BCUT2D eigenvalue weighted by Crippen LogP contribution is 2.27. The van der Waals surface area contributed by atoms with Gasteiger partial charge in [0.15, 0.2) is 11.0 Å². The molecule has 1 N–H and O–H groups in total. The lowest BCUT2D eigenvalue weighted by Gasteiger charge is -2.10. The third-order valence-corrected chi connectivity index (χ3v) is 5.74. The molecule has 1 aromatic carbocycles. The maximum Gasteiger partial charge on any atom is 0.234 e. The van der Waals surface area contributed by atoms with E-state index in [-0.39, 0.29) is 5.91 Å². The number of aryl methyl sites for hydroxylation is 1. The molecular weight excluding hydrogens is 364 g/mol. The summed E-state index contributed by atoms with van der Waals surface area (Å²) >= 11 is 3.08. The van der Waals surface area contributed by atoms with Crippen LogP contribution in [0.4, 0.5) is 5.69 Å². The molecule has 3 rings (SSSR count). The molecule has 0 aliphatic carbocycles. The van der Waals surface area contributed by atoms with Crippen molar-refractivity contribution in [2.45, 2.75) is 38.4 Å². The summed E-state index contributed by atoms with van der Waals surface area (Å²) in [7, 11) is 0. The van der Waals surface area contributed by atoms with Crippen LogP contribution in [0.2, 0.25) is 0 Å². The monoisotopic (exact) mass is 386 g/mol. The number of anilines is 1. The first kappa shape index (κ1) is 18.7. The molecule has 0 aliphatic heterocycles. The fourth-order valence-electron chi connectivity index (χ4n) is 2.68. The summed E-state index contributed by atoms with van der Waals surface area (Å²) < 4.78 is 2.10. The molecule has 136 valence electrons. The summed E-state index contributed by atoms with van der Waals surface area (Å²) in [5.41, 5.74) is 2.02. The van der Waals surface area contributed by atoms with Crippen molar-refractivity contribution in [3.05, 3.63) is 47.3 Å². The molecular formula is C19H22N4OS2. The lowest BCUT2D eigenvalue weighted by Crippen LogP contribution is -2.15. The highest BCUT2D eigenvalue weighted by atomic mass is 32.2. The number of para-hydroxylation sites is 1. The van der Waals surface area contributed by atoms with Crippen molar-refractivity contribution in [1.82, 2.24) is 14.8 Å². The Bertz CT molecular complexity index is 858. The molecule has 0 aliphatic rings. The first-order valence-corrected chi connectivity index (χ1v) is 10.6. The number of amides is 1. The SMILES string of the molecule is CCCn1c(SCC(=O)Nc2ccccc2CC)nnc1-c1cccs1. The second-order valence-electron chi connectivity index (χ2n) is 5.78. The van der Waals surface area contributed by atoms with Gasteiger partial charge in [-0.3, -0.25) is 4.79 Å². The number of aromatic nitrogens is 3. The van der Waals surface area contributed by atoms with Crippen LogP contribution >= 0.6 is 23.1 Å². The highest BCUT2D eigenvalue weighted by Gasteiger charge is 2.16. The average molecular weight is 387 g/mol. The first-order chi connectivity index (χ1) is 12.7. The molecule has 0 atom stereocenters. The van der Waals surface area contributed by atoms with Crippen LogP contribution in [-0.4, -0.2) is 26.4 Å². The van der Waals surface area contributed by atoms with Gasteiger partial charge in [-0.25, -0.2) is 0 Å². The van der Waals surface area contributed by atoms with Gasteiger partial charge in [0.25, 0.3) is 0 Å². The van der Waals surface area contributed by atoms with E-state index in [0.717, 1.165) is 46.5 Å². The Morgan fingerprint density at radius 1 is 1.19 bits per heavy atom. The second kappa shape index (κ2) is 9.00. The molecule has 0 saturated heterocycles. The van der Waals surface area contributed by atoms with Crippen LogP contribution in [0.1, 0.15) is 25.8 Å². The normalized spacial score (nSPS) is 10.8. The number of hydrogen-bond donors (Lipinski definition) is 1. The van der Waals surface area contributed by atoms with Gasteiger partial charge < -0.3 is 9.88 Å². The van der Waals surface area contributed by atoms with E-state index in [1.807, 2.05) is 41.8 Å². The second-order valence-corrected chi connectivity index (χ2v) is 7.67. The van der Waals surface area contributed by atoms with E-state index in [1.54, 1.807) is 11.3 Å². The molecule has 7 heteroatoms. The number of benzene rings is 1. The van der Waals surface area contributed by atoms with Gasteiger partial charge >= 0.3 is 0 Å². The van der Waals surface area contributed by atoms with Crippen molar-refractivity contribution < 1.29 is 4.79 Å². The van der Waals surface area contributed by atoms with Crippen LogP contribution in [0.3, 0.4) is 0 Å². The van der Waals surface area contributed by atoms with Gasteiger partial charge in [-0.15, -0.1) is 21.5 Å². The topological polar surface area (TPSA) is 59.8 Å². The zero-order valence-corrected chi connectivity index (χ0v) is 16.6. The van der Waals surface area contributed by atoms with E-state index < -0.39 is 0 Å². The van der Waals surface area contributed by atoms with Crippen molar-refractivity contribution in [1.29, 1.82) is 0 Å². The van der Waals surface area contributed by atoms with Crippen LogP contribution in [0.5, 0.6) is 0 Å². The summed E-state index contributed by atoms with van der Waals surface area (Å²) in [4.78, 5) is 13.5. The molecule has 0 bridgehead atoms. The number of hydrogen-bond acceptors (Lipinski definition) is 5. The van der Waals surface area contributed by atoms with E-state index in [9.17, 15) is 4.79 Å². The third-order valence-electron chi connectivity index (χ3n) is 3.91. The average Bonchev–Trinajstić information content (AvgIpc) is 3.30. The van der Waals surface area contributed by atoms with Gasteiger partial charge in [0, 0.05) is 12.2 Å². The van der Waals surface area contributed by atoms with E-state index in [2.05, 4.69) is 33.9 Å². The molecule has 0 unspecified atom stereocenters. The number of nitrogens with one attached hydrogen (secondary N) is 1. The molecule has 2 heterocycles. The molecule has 3 aromatic rings. The summed E-state index contributed by atoms with van der Waals surface area (Å²) in [6.45, 7) is 5.04. The smallest absolute Gasteiger partial charge is 0.234 e. The standard InChI is InChI=1S/C19H22N4OS2/c1-3-11-23-18(16-10-7-12-25-16)21-22-19(23)26-13-17(24)20-15-9-6-5-8-14(15)4-2/h5-10,12H,3-4,11,13H2,1-2H3,(H,20,24). The van der Waals surface area contributed by atoms with Crippen molar-refractivity contribution in [2.24, 2.45) is 0 Å². The van der Waals surface area contributed by atoms with Gasteiger partial charge in [-0.1, -0.05) is 49.9 Å². The Hall–Kier alpha value is -2.12. The minimum Gasteiger partial charge on any atom is -0.325 e. The third kappa shape index (κ3) is 4.34. The Morgan fingerprint density at radius 3 is 2.77 bits per heavy atom. The van der Waals surface area contributed by atoms with Crippen molar-refractivity contribution in [3.63, 3.8) is 0 Å². The Labute approximate surface area is 161 Å². The van der Waals surface area contributed by atoms with Gasteiger partial charge in [0.05, 0.1) is 10.6 Å².